The first-order chi connectivity index (χ1) is 7.75. The molecule has 0 aromatic carbocycles. The van der Waals surface area contributed by atoms with E-state index >= 15 is 0 Å². The number of hydrogen-bond acceptors (Lipinski definition) is 5. The quantitative estimate of drug-likeness (QED) is 0.852. The van der Waals surface area contributed by atoms with Gasteiger partial charge in [0.2, 0.25) is 0 Å². The second-order valence-corrected chi connectivity index (χ2v) is 4.47. The minimum atomic E-state index is -0.506. The number of Topliss-reactive ketones (excluding diaryl/α,β-unsaturated/α-hetero) is 1. The molecule has 4 nitrogen and oxygen atoms in total. The molecule has 0 bridgehead atoms. The average molecular weight is 236 g/mol. The number of carbonyl (C=O) groups is 1. The Labute approximate surface area is 97.1 Å². The topological polar surface area (TPSA) is 69.1 Å². The van der Waals surface area contributed by atoms with Crippen LogP contribution in [0, 0.1) is 0 Å². The van der Waals surface area contributed by atoms with Gasteiger partial charge in [0, 0.05) is 23.9 Å². The highest BCUT2D eigenvalue weighted by atomic mass is 32.1. The second-order valence-electron chi connectivity index (χ2n) is 3.50. The zero-order valence-corrected chi connectivity index (χ0v) is 9.44. The molecule has 2 aromatic rings. The van der Waals surface area contributed by atoms with E-state index in [1.54, 1.807) is 24.0 Å². The van der Waals surface area contributed by atoms with Crippen molar-refractivity contribution in [2.75, 3.05) is 0 Å². The number of furan rings is 1. The van der Waals surface area contributed by atoms with Gasteiger partial charge in [-0.05, 0) is 12.1 Å². The number of hydrogen-bond donors (Lipinski definition) is 1. The van der Waals surface area contributed by atoms with Gasteiger partial charge in [0.25, 0.3) is 0 Å². The number of carbonyl (C=O) groups excluding carboxylic acids is 1. The van der Waals surface area contributed by atoms with Crippen molar-refractivity contribution < 1.29 is 9.21 Å². The molecule has 0 amide bonds. The average Bonchev–Trinajstić information content (AvgIpc) is 2.90. The van der Waals surface area contributed by atoms with Gasteiger partial charge in [0.05, 0.1) is 17.8 Å². The summed E-state index contributed by atoms with van der Waals surface area (Å²) in [6.45, 7) is 0. The summed E-state index contributed by atoms with van der Waals surface area (Å²) in [5.41, 5.74) is 7.51. The van der Waals surface area contributed by atoms with Gasteiger partial charge in [-0.3, -0.25) is 9.78 Å². The van der Waals surface area contributed by atoms with Crippen LogP contribution in [0.25, 0.3) is 0 Å². The maximum atomic E-state index is 11.7. The van der Waals surface area contributed by atoms with Gasteiger partial charge in [-0.25, -0.2) is 0 Å². The Morgan fingerprint density at radius 2 is 2.50 bits per heavy atom. The molecule has 0 aliphatic heterocycles. The van der Waals surface area contributed by atoms with Crippen molar-refractivity contribution in [3.8, 4) is 0 Å². The first-order valence-electron chi connectivity index (χ1n) is 4.94. The monoisotopic (exact) mass is 236 g/mol. The zero-order valence-electron chi connectivity index (χ0n) is 8.63. The number of aromatic nitrogens is 1. The Morgan fingerprint density at radius 1 is 1.62 bits per heavy atom. The van der Waals surface area contributed by atoms with Crippen LogP contribution in [-0.2, 0) is 17.6 Å². The van der Waals surface area contributed by atoms with Crippen molar-refractivity contribution in [3.63, 3.8) is 0 Å². The highest BCUT2D eigenvalue weighted by molar-refractivity contribution is 7.09. The minimum absolute atomic E-state index is 0.0145. The molecule has 1 atom stereocenters. The molecule has 0 saturated carbocycles. The van der Waals surface area contributed by atoms with Crippen molar-refractivity contribution in [2.45, 2.75) is 18.9 Å². The van der Waals surface area contributed by atoms with E-state index < -0.39 is 6.04 Å². The SMILES string of the molecule is NC(Cc1ccco1)C(=O)Cc1cncs1. The van der Waals surface area contributed by atoms with Crippen molar-refractivity contribution in [2.24, 2.45) is 5.73 Å². The Hall–Kier alpha value is -1.46. The number of rotatable bonds is 5. The van der Waals surface area contributed by atoms with E-state index in [1.165, 1.54) is 11.3 Å². The fourth-order valence-electron chi connectivity index (χ4n) is 1.39. The first-order valence-corrected chi connectivity index (χ1v) is 5.81. The molecule has 0 spiro atoms. The highest BCUT2D eigenvalue weighted by Gasteiger charge is 2.16. The van der Waals surface area contributed by atoms with Gasteiger partial charge in [-0.2, -0.15) is 0 Å². The summed E-state index contributed by atoms with van der Waals surface area (Å²) in [6.07, 6.45) is 4.08. The summed E-state index contributed by atoms with van der Waals surface area (Å²) in [4.78, 5) is 16.6. The minimum Gasteiger partial charge on any atom is -0.469 e. The number of nitrogens with zero attached hydrogens (tertiary/aromatic N) is 1. The van der Waals surface area contributed by atoms with Crippen LogP contribution in [0.2, 0.25) is 0 Å². The molecule has 5 heteroatoms. The standard InChI is InChI=1S/C11H12N2O2S/c12-10(4-8-2-1-3-15-8)11(14)5-9-6-13-7-16-9/h1-3,6-7,10H,4-5,12H2. The maximum Gasteiger partial charge on any atom is 0.155 e. The molecule has 16 heavy (non-hydrogen) atoms. The molecule has 1 unspecified atom stereocenters. The highest BCUT2D eigenvalue weighted by Crippen LogP contribution is 2.09. The Morgan fingerprint density at radius 3 is 3.12 bits per heavy atom. The lowest BCUT2D eigenvalue weighted by molar-refractivity contribution is -0.119. The predicted molar refractivity (Wildman–Crippen MR) is 61.2 cm³/mol. The summed E-state index contributed by atoms with van der Waals surface area (Å²) >= 11 is 1.47. The third kappa shape index (κ3) is 2.77. The maximum absolute atomic E-state index is 11.7. The van der Waals surface area contributed by atoms with Gasteiger partial charge >= 0.3 is 0 Å². The van der Waals surface area contributed by atoms with Crippen LogP contribution in [0.3, 0.4) is 0 Å². The third-order valence-electron chi connectivity index (χ3n) is 2.25. The van der Waals surface area contributed by atoms with Crippen LogP contribution in [0.4, 0.5) is 0 Å². The van der Waals surface area contributed by atoms with Crippen LogP contribution in [0.15, 0.2) is 34.5 Å². The Bertz CT molecular complexity index is 437. The lowest BCUT2D eigenvalue weighted by Gasteiger charge is -2.07. The van der Waals surface area contributed by atoms with E-state index in [0.717, 1.165) is 10.6 Å². The second kappa shape index (κ2) is 5.05. The van der Waals surface area contributed by atoms with E-state index in [4.69, 9.17) is 10.2 Å². The Kier molecular flexibility index (Phi) is 3.48. The molecule has 84 valence electrons. The van der Waals surface area contributed by atoms with Crippen molar-refractivity contribution in [3.05, 3.63) is 40.7 Å². The molecule has 2 N–H and O–H groups in total. The van der Waals surface area contributed by atoms with E-state index in [9.17, 15) is 4.79 Å². The van der Waals surface area contributed by atoms with Crippen LogP contribution in [-0.4, -0.2) is 16.8 Å². The van der Waals surface area contributed by atoms with Crippen LogP contribution in [0.5, 0.6) is 0 Å². The van der Waals surface area contributed by atoms with Crippen LogP contribution >= 0.6 is 11.3 Å². The normalized spacial score (nSPS) is 12.6. The van der Waals surface area contributed by atoms with Gasteiger partial charge in [0.1, 0.15) is 5.76 Å². The smallest absolute Gasteiger partial charge is 0.155 e. The van der Waals surface area contributed by atoms with E-state index in [-0.39, 0.29) is 5.78 Å². The summed E-state index contributed by atoms with van der Waals surface area (Å²) < 4.78 is 5.15. The summed E-state index contributed by atoms with van der Waals surface area (Å²) in [5, 5.41) is 0. The van der Waals surface area contributed by atoms with E-state index in [2.05, 4.69) is 4.98 Å². The van der Waals surface area contributed by atoms with Crippen molar-refractivity contribution >= 4 is 17.1 Å². The molecule has 2 aromatic heterocycles. The van der Waals surface area contributed by atoms with Crippen LogP contribution in [0.1, 0.15) is 10.6 Å². The van der Waals surface area contributed by atoms with E-state index in [1.807, 2.05) is 6.07 Å². The number of thiazole rings is 1. The van der Waals surface area contributed by atoms with Gasteiger partial charge in [0.15, 0.2) is 5.78 Å². The van der Waals surface area contributed by atoms with E-state index in [0.29, 0.717) is 12.8 Å². The first kappa shape index (κ1) is 11.0. The summed E-state index contributed by atoms with van der Waals surface area (Å²) in [6, 6.07) is 3.10. The van der Waals surface area contributed by atoms with Gasteiger partial charge in [-0.1, -0.05) is 0 Å². The van der Waals surface area contributed by atoms with Gasteiger partial charge < -0.3 is 10.2 Å². The fourth-order valence-corrected chi connectivity index (χ4v) is 2.00. The molecular weight excluding hydrogens is 224 g/mol. The molecular formula is C11H12N2O2S. The largest absolute Gasteiger partial charge is 0.469 e. The molecule has 0 saturated heterocycles. The number of ketones is 1. The molecule has 2 heterocycles. The molecule has 0 aliphatic carbocycles. The lowest BCUT2D eigenvalue weighted by Crippen LogP contribution is -2.33. The predicted octanol–water partition coefficient (Wildman–Crippen LogP) is 1.42. The Balaban J connectivity index is 1.90. The molecule has 0 fully saturated rings. The number of nitrogens with two attached hydrogens (primary N) is 1. The molecule has 0 radical (unpaired) electrons. The van der Waals surface area contributed by atoms with Crippen LogP contribution < -0.4 is 5.73 Å². The van der Waals surface area contributed by atoms with Gasteiger partial charge in [-0.15, -0.1) is 11.3 Å². The zero-order chi connectivity index (χ0) is 11.4. The molecule has 2 rings (SSSR count). The van der Waals surface area contributed by atoms with Crippen molar-refractivity contribution in [1.82, 2.24) is 4.98 Å². The lowest BCUT2D eigenvalue weighted by atomic mass is 10.1. The fraction of sp³-hybridized carbons (Fsp3) is 0.273. The van der Waals surface area contributed by atoms with Crippen molar-refractivity contribution in [1.29, 1.82) is 0 Å². The summed E-state index contributed by atoms with van der Waals surface area (Å²) in [7, 11) is 0. The molecule has 0 aliphatic rings. The third-order valence-corrected chi connectivity index (χ3v) is 3.03. The summed E-state index contributed by atoms with van der Waals surface area (Å²) in [5.74, 6) is 0.755.